The van der Waals surface area contributed by atoms with Crippen LogP contribution in [0.15, 0.2) is 103 Å². The van der Waals surface area contributed by atoms with Crippen LogP contribution in [0, 0.1) is 0 Å². The molecular formula is C29H23N3O. The van der Waals surface area contributed by atoms with E-state index in [1.54, 1.807) is 0 Å². The van der Waals surface area contributed by atoms with Crippen molar-refractivity contribution in [1.82, 2.24) is 9.88 Å². The molecule has 1 aliphatic rings. The molecule has 1 atom stereocenters. The SMILES string of the molecule is O=C(Nc1cccc2ccccc12)N1CCc2ccccc2[C@@H]1c1nccc2ccccc12. The molecular weight excluding hydrogens is 406 g/mol. The Morgan fingerprint density at radius 3 is 2.36 bits per heavy atom. The van der Waals surface area contributed by atoms with Crippen LogP contribution < -0.4 is 5.32 Å². The van der Waals surface area contributed by atoms with Crippen LogP contribution in [0.2, 0.25) is 0 Å². The van der Waals surface area contributed by atoms with E-state index in [0.29, 0.717) is 6.54 Å². The van der Waals surface area contributed by atoms with Crippen molar-refractivity contribution in [2.45, 2.75) is 12.5 Å². The number of rotatable bonds is 2. The molecule has 6 rings (SSSR count). The summed E-state index contributed by atoms with van der Waals surface area (Å²) in [5, 5.41) is 7.53. The van der Waals surface area contributed by atoms with E-state index in [0.717, 1.165) is 44.9 Å². The second kappa shape index (κ2) is 8.06. The number of hydrogen-bond donors (Lipinski definition) is 1. The topological polar surface area (TPSA) is 45.2 Å². The van der Waals surface area contributed by atoms with Gasteiger partial charge in [-0.3, -0.25) is 4.98 Å². The first-order valence-corrected chi connectivity index (χ1v) is 11.3. The molecule has 5 aromatic rings. The molecule has 33 heavy (non-hydrogen) atoms. The number of nitrogens with one attached hydrogen (secondary N) is 1. The molecule has 0 unspecified atom stereocenters. The number of carbonyl (C=O) groups excluding carboxylic acids is 1. The summed E-state index contributed by atoms with van der Waals surface area (Å²) < 4.78 is 0. The van der Waals surface area contributed by atoms with Gasteiger partial charge in [-0.2, -0.15) is 0 Å². The zero-order valence-electron chi connectivity index (χ0n) is 18.1. The maximum absolute atomic E-state index is 13.7. The second-order valence-corrected chi connectivity index (χ2v) is 8.42. The number of anilines is 1. The Balaban J connectivity index is 1.45. The van der Waals surface area contributed by atoms with Crippen molar-refractivity contribution < 1.29 is 4.79 Å². The van der Waals surface area contributed by atoms with Gasteiger partial charge < -0.3 is 10.2 Å². The van der Waals surface area contributed by atoms with Gasteiger partial charge in [0.1, 0.15) is 6.04 Å². The highest BCUT2D eigenvalue weighted by atomic mass is 16.2. The standard InChI is InChI=1S/C29H23N3O/c33-29(31-26-15-7-11-20-8-1-4-12-23(20)26)32-19-17-22-10-3-6-14-25(22)28(32)27-24-13-5-2-9-21(24)16-18-30-27/h1-16,18,28H,17,19H2,(H,31,33)/t28-/m1/s1. The Bertz CT molecular complexity index is 1480. The van der Waals surface area contributed by atoms with Gasteiger partial charge in [0.05, 0.1) is 11.4 Å². The number of amides is 2. The van der Waals surface area contributed by atoms with Gasteiger partial charge in [-0.05, 0) is 40.5 Å². The Hall–Kier alpha value is -4.18. The minimum Gasteiger partial charge on any atom is -0.311 e. The van der Waals surface area contributed by atoms with Gasteiger partial charge in [0, 0.05) is 23.5 Å². The van der Waals surface area contributed by atoms with E-state index < -0.39 is 0 Å². The lowest BCUT2D eigenvalue weighted by Gasteiger charge is -2.37. The maximum Gasteiger partial charge on any atom is 0.322 e. The van der Waals surface area contributed by atoms with Crippen molar-refractivity contribution in [1.29, 1.82) is 0 Å². The molecule has 2 heterocycles. The van der Waals surface area contributed by atoms with Crippen LogP contribution in [0.5, 0.6) is 0 Å². The molecule has 0 radical (unpaired) electrons. The van der Waals surface area contributed by atoms with Crippen molar-refractivity contribution in [3.63, 3.8) is 0 Å². The van der Waals surface area contributed by atoms with E-state index >= 15 is 0 Å². The number of aromatic nitrogens is 1. The summed E-state index contributed by atoms with van der Waals surface area (Å²) in [6.45, 7) is 0.628. The van der Waals surface area contributed by atoms with Gasteiger partial charge in [0.25, 0.3) is 0 Å². The normalized spacial score (nSPS) is 15.4. The zero-order valence-corrected chi connectivity index (χ0v) is 18.1. The highest BCUT2D eigenvalue weighted by Crippen LogP contribution is 2.37. The molecule has 160 valence electrons. The molecule has 0 saturated carbocycles. The molecule has 4 aromatic carbocycles. The predicted octanol–water partition coefficient (Wildman–Crippen LogP) is 6.57. The molecule has 0 aliphatic carbocycles. The number of hydrogen-bond acceptors (Lipinski definition) is 2. The first-order chi connectivity index (χ1) is 16.3. The number of carbonyl (C=O) groups is 1. The molecule has 2 amide bonds. The molecule has 0 fully saturated rings. The Morgan fingerprint density at radius 2 is 1.48 bits per heavy atom. The summed E-state index contributed by atoms with van der Waals surface area (Å²) in [6.07, 6.45) is 2.66. The average Bonchev–Trinajstić information content (AvgIpc) is 2.88. The summed E-state index contributed by atoms with van der Waals surface area (Å²) in [4.78, 5) is 20.5. The predicted molar refractivity (Wildman–Crippen MR) is 133 cm³/mol. The summed E-state index contributed by atoms with van der Waals surface area (Å²) in [5.41, 5.74) is 4.14. The minimum atomic E-state index is -0.254. The molecule has 1 aromatic heterocycles. The third kappa shape index (κ3) is 3.40. The number of nitrogens with zero attached hydrogens (tertiary/aromatic N) is 2. The second-order valence-electron chi connectivity index (χ2n) is 8.42. The van der Waals surface area contributed by atoms with Crippen molar-refractivity contribution >= 4 is 33.3 Å². The fourth-order valence-corrected chi connectivity index (χ4v) is 4.96. The Morgan fingerprint density at radius 1 is 0.788 bits per heavy atom. The summed E-state index contributed by atoms with van der Waals surface area (Å²) in [6, 6.07) is 32.4. The van der Waals surface area contributed by atoms with Crippen molar-refractivity contribution in [2.75, 3.05) is 11.9 Å². The van der Waals surface area contributed by atoms with Crippen molar-refractivity contribution in [3.05, 3.63) is 120 Å². The van der Waals surface area contributed by atoms with Crippen molar-refractivity contribution in [2.24, 2.45) is 0 Å². The lowest BCUT2D eigenvalue weighted by molar-refractivity contribution is 0.193. The van der Waals surface area contributed by atoms with E-state index in [2.05, 4.69) is 47.8 Å². The first kappa shape index (κ1) is 19.5. The van der Waals surface area contributed by atoms with Crippen LogP contribution in [0.4, 0.5) is 10.5 Å². The number of fused-ring (bicyclic) bond motifs is 3. The fraction of sp³-hybridized carbons (Fsp3) is 0.103. The molecule has 4 heteroatoms. The summed E-state index contributed by atoms with van der Waals surface area (Å²) >= 11 is 0. The largest absolute Gasteiger partial charge is 0.322 e. The third-order valence-electron chi connectivity index (χ3n) is 6.54. The maximum atomic E-state index is 13.7. The highest BCUT2D eigenvalue weighted by Gasteiger charge is 2.34. The van der Waals surface area contributed by atoms with Gasteiger partial charge in [0.2, 0.25) is 0 Å². The van der Waals surface area contributed by atoms with Gasteiger partial charge in [-0.25, -0.2) is 4.79 Å². The molecule has 0 saturated heterocycles. The van der Waals surface area contributed by atoms with Crippen LogP contribution in [0.25, 0.3) is 21.5 Å². The Labute approximate surface area is 192 Å². The van der Waals surface area contributed by atoms with Crippen LogP contribution >= 0.6 is 0 Å². The highest BCUT2D eigenvalue weighted by molar-refractivity contribution is 6.02. The fourth-order valence-electron chi connectivity index (χ4n) is 4.96. The molecule has 4 nitrogen and oxygen atoms in total. The molecule has 0 spiro atoms. The van der Waals surface area contributed by atoms with E-state index in [4.69, 9.17) is 4.98 Å². The molecule has 0 bridgehead atoms. The lowest BCUT2D eigenvalue weighted by atomic mass is 9.89. The third-order valence-corrected chi connectivity index (χ3v) is 6.54. The van der Waals surface area contributed by atoms with E-state index in [1.165, 1.54) is 5.56 Å². The van der Waals surface area contributed by atoms with E-state index in [1.807, 2.05) is 65.7 Å². The zero-order chi connectivity index (χ0) is 22.2. The number of benzene rings is 4. The van der Waals surface area contributed by atoms with Gasteiger partial charge in [-0.1, -0.05) is 84.9 Å². The molecule has 1 aliphatic heterocycles. The van der Waals surface area contributed by atoms with Gasteiger partial charge >= 0.3 is 6.03 Å². The van der Waals surface area contributed by atoms with Crippen molar-refractivity contribution in [3.8, 4) is 0 Å². The first-order valence-electron chi connectivity index (χ1n) is 11.3. The smallest absolute Gasteiger partial charge is 0.311 e. The number of urea groups is 1. The lowest BCUT2D eigenvalue weighted by Crippen LogP contribution is -2.43. The van der Waals surface area contributed by atoms with E-state index in [-0.39, 0.29) is 12.1 Å². The van der Waals surface area contributed by atoms with Gasteiger partial charge in [-0.15, -0.1) is 0 Å². The number of pyridine rings is 1. The van der Waals surface area contributed by atoms with Crippen LogP contribution in [0.3, 0.4) is 0 Å². The monoisotopic (exact) mass is 429 g/mol. The summed E-state index contributed by atoms with van der Waals surface area (Å²) in [7, 11) is 0. The molecule has 1 N–H and O–H groups in total. The quantitative estimate of drug-likeness (QED) is 0.345. The van der Waals surface area contributed by atoms with Crippen LogP contribution in [-0.4, -0.2) is 22.5 Å². The van der Waals surface area contributed by atoms with Gasteiger partial charge in [0.15, 0.2) is 0 Å². The Kier molecular flexibility index (Phi) is 4.76. The van der Waals surface area contributed by atoms with E-state index in [9.17, 15) is 4.79 Å². The minimum absolute atomic E-state index is 0.111. The van der Waals surface area contributed by atoms with Crippen LogP contribution in [0.1, 0.15) is 22.9 Å². The average molecular weight is 430 g/mol. The summed E-state index contributed by atoms with van der Waals surface area (Å²) in [5.74, 6) is 0. The van der Waals surface area contributed by atoms with Crippen LogP contribution in [-0.2, 0) is 6.42 Å².